The van der Waals surface area contributed by atoms with E-state index in [2.05, 4.69) is 10.5 Å². The summed E-state index contributed by atoms with van der Waals surface area (Å²) in [6, 6.07) is 9.43. The Morgan fingerprint density at radius 3 is 3.00 bits per heavy atom. The van der Waals surface area contributed by atoms with Crippen LogP contribution in [0.15, 0.2) is 34.9 Å². The molecule has 1 saturated heterocycles. The summed E-state index contributed by atoms with van der Waals surface area (Å²) in [6.07, 6.45) is 0.896. The maximum Gasteiger partial charge on any atom is 0.229 e. The highest BCUT2D eigenvalue weighted by Gasteiger charge is 2.36. The third kappa shape index (κ3) is 3.99. The summed E-state index contributed by atoms with van der Waals surface area (Å²) in [4.78, 5) is 25.9. The number of rotatable bonds is 6. The van der Waals surface area contributed by atoms with Crippen LogP contribution in [0.5, 0.6) is 5.75 Å². The number of nitrogens with one attached hydrogen (secondary N) is 1. The van der Waals surface area contributed by atoms with E-state index >= 15 is 0 Å². The number of aryl methyl sites for hydroxylation is 1. The van der Waals surface area contributed by atoms with E-state index in [4.69, 9.17) is 9.26 Å². The van der Waals surface area contributed by atoms with Gasteiger partial charge in [-0.3, -0.25) is 14.5 Å². The van der Waals surface area contributed by atoms with Crippen molar-refractivity contribution in [3.05, 3.63) is 41.7 Å². The third-order valence-corrected chi connectivity index (χ3v) is 4.23. The van der Waals surface area contributed by atoms with Gasteiger partial charge in [0, 0.05) is 25.6 Å². The molecule has 0 spiro atoms. The zero-order valence-electron chi connectivity index (χ0n) is 14.3. The minimum absolute atomic E-state index is 0.110. The molecule has 0 radical (unpaired) electrons. The number of hydrogen-bond acceptors (Lipinski definition) is 5. The molecular formula is C18H21N3O4. The van der Waals surface area contributed by atoms with Gasteiger partial charge < -0.3 is 14.6 Å². The maximum absolute atomic E-state index is 12.3. The molecule has 0 aliphatic carbocycles. The van der Waals surface area contributed by atoms with E-state index in [0.29, 0.717) is 31.1 Å². The van der Waals surface area contributed by atoms with Crippen molar-refractivity contribution in [3.63, 3.8) is 0 Å². The number of anilines is 1. The van der Waals surface area contributed by atoms with E-state index < -0.39 is 0 Å². The average molecular weight is 343 g/mol. The van der Waals surface area contributed by atoms with E-state index in [1.54, 1.807) is 20.1 Å². The fraction of sp³-hybridized carbons (Fsp3) is 0.389. The summed E-state index contributed by atoms with van der Waals surface area (Å²) in [5.74, 6) is 1.31. The molecule has 1 aliphatic rings. The second kappa shape index (κ2) is 7.38. The highest BCUT2D eigenvalue weighted by Crippen LogP contribution is 2.24. The summed E-state index contributed by atoms with van der Waals surface area (Å²) in [6.45, 7) is 2.61. The first kappa shape index (κ1) is 17.0. The minimum atomic E-state index is -0.366. The van der Waals surface area contributed by atoms with Gasteiger partial charge in [0.1, 0.15) is 11.5 Å². The van der Waals surface area contributed by atoms with Gasteiger partial charge in [-0.25, -0.2) is 0 Å². The molecule has 1 N–H and O–H groups in total. The predicted octanol–water partition coefficient (Wildman–Crippen LogP) is 1.70. The van der Waals surface area contributed by atoms with Crippen LogP contribution in [-0.4, -0.2) is 37.2 Å². The van der Waals surface area contributed by atoms with Gasteiger partial charge in [-0.05, 0) is 31.0 Å². The normalized spacial score (nSPS) is 17.0. The van der Waals surface area contributed by atoms with Crippen LogP contribution < -0.4 is 15.0 Å². The van der Waals surface area contributed by atoms with Gasteiger partial charge >= 0.3 is 0 Å². The molecule has 3 rings (SSSR count). The molecule has 1 atom stereocenters. The Balaban J connectivity index is 1.51. The monoisotopic (exact) mass is 343 g/mol. The molecule has 0 bridgehead atoms. The van der Waals surface area contributed by atoms with Gasteiger partial charge in [0.2, 0.25) is 11.8 Å². The van der Waals surface area contributed by atoms with E-state index in [1.807, 2.05) is 24.3 Å². The van der Waals surface area contributed by atoms with Crippen molar-refractivity contribution in [3.8, 4) is 5.75 Å². The molecule has 1 aliphatic heterocycles. The summed E-state index contributed by atoms with van der Waals surface area (Å²) in [5.41, 5.74) is 1.09. The molecule has 1 aromatic heterocycles. The van der Waals surface area contributed by atoms with Crippen LogP contribution in [-0.2, 0) is 16.0 Å². The van der Waals surface area contributed by atoms with Crippen molar-refractivity contribution in [1.29, 1.82) is 0 Å². The van der Waals surface area contributed by atoms with Crippen LogP contribution in [0.2, 0.25) is 0 Å². The number of carbonyl (C=O) groups is 2. The highest BCUT2D eigenvalue weighted by molar-refractivity contribution is 5.99. The Morgan fingerprint density at radius 2 is 2.28 bits per heavy atom. The molecule has 2 aromatic rings. The first-order valence-corrected chi connectivity index (χ1v) is 8.21. The molecule has 2 heterocycles. The van der Waals surface area contributed by atoms with E-state index in [9.17, 15) is 9.59 Å². The zero-order valence-corrected chi connectivity index (χ0v) is 14.3. The lowest BCUT2D eigenvalue weighted by Crippen LogP contribution is -2.34. The van der Waals surface area contributed by atoms with Gasteiger partial charge in [0.05, 0.1) is 13.0 Å². The first-order chi connectivity index (χ1) is 12.1. The smallest absolute Gasteiger partial charge is 0.229 e. The number of aromatic nitrogens is 1. The van der Waals surface area contributed by atoms with Crippen molar-refractivity contribution in [2.75, 3.05) is 25.1 Å². The molecule has 7 nitrogen and oxygen atoms in total. The highest BCUT2D eigenvalue weighted by atomic mass is 16.5. The van der Waals surface area contributed by atoms with E-state index in [-0.39, 0.29) is 24.2 Å². The zero-order chi connectivity index (χ0) is 17.8. The number of carbonyl (C=O) groups excluding carboxylic acids is 2. The SMILES string of the molecule is COc1cccc(CCNC(=O)C2CC(=O)N(c3cc(C)on3)C2)c1. The number of methoxy groups -OCH3 is 1. The van der Waals surface area contributed by atoms with Crippen LogP contribution in [0, 0.1) is 12.8 Å². The Kier molecular flexibility index (Phi) is 5.02. The van der Waals surface area contributed by atoms with Crippen molar-refractivity contribution in [2.45, 2.75) is 19.8 Å². The van der Waals surface area contributed by atoms with Gasteiger partial charge in [-0.1, -0.05) is 17.3 Å². The van der Waals surface area contributed by atoms with Crippen molar-refractivity contribution >= 4 is 17.6 Å². The van der Waals surface area contributed by atoms with Crippen LogP contribution >= 0.6 is 0 Å². The first-order valence-electron chi connectivity index (χ1n) is 8.21. The van der Waals surface area contributed by atoms with Crippen LogP contribution in [0.1, 0.15) is 17.7 Å². The second-order valence-electron chi connectivity index (χ2n) is 6.09. The molecular weight excluding hydrogens is 322 g/mol. The van der Waals surface area contributed by atoms with Gasteiger partial charge in [-0.2, -0.15) is 0 Å². The average Bonchev–Trinajstić information content (AvgIpc) is 3.20. The topological polar surface area (TPSA) is 84.7 Å². The second-order valence-corrected chi connectivity index (χ2v) is 6.09. The van der Waals surface area contributed by atoms with E-state index in [1.165, 1.54) is 4.90 Å². The molecule has 1 unspecified atom stereocenters. The maximum atomic E-state index is 12.3. The molecule has 1 aromatic carbocycles. The molecule has 0 saturated carbocycles. The number of ether oxygens (including phenoxy) is 1. The summed E-state index contributed by atoms with van der Waals surface area (Å²) in [5, 5.41) is 6.75. The largest absolute Gasteiger partial charge is 0.497 e. The van der Waals surface area contributed by atoms with Gasteiger partial charge in [-0.15, -0.1) is 0 Å². The standard InChI is InChI=1S/C18H21N3O4/c1-12-8-16(20-25-12)21-11-14(10-17(21)22)18(23)19-7-6-13-4-3-5-15(9-13)24-2/h3-5,8-9,14H,6-7,10-11H2,1-2H3,(H,19,23). The third-order valence-electron chi connectivity index (χ3n) is 4.23. The Hall–Kier alpha value is -2.83. The fourth-order valence-electron chi connectivity index (χ4n) is 2.89. The predicted molar refractivity (Wildman–Crippen MR) is 91.4 cm³/mol. The van der Waals surface area contributed by atoms with Crippen molar-refractivity contribution < 1.29 is 18.8 Å². The molecule has 1 fully saturated rings. The lowest BCUT2D eigenvalue weighted by Gasteiger charge is -2.13. The van der Waals surface area contributed by atoms with Crippen LogP contribution in [0.3, 0.4) is 0 Å². The number of nitrogens with zero attached hydrogens (tertiary/aromatic N) is 2. The molecule has 132 valence electrons. The van der Waals surface area contributed by atoms with Gasteiger partial charge in [0.25, 0.3) is 0 Å². The number of amides is 2. The number of benzene rings is 1. The Bertz CT molecular complexity index is 771. The molecule has 2 amide bonds. The molecule has 7 heteroatoms. The van der Waals surface area contributed by atoms with Crippen molar-refractivity contribution in [2.24, 2.45) is 5.92 Å². The molecule has 25 heavy (non-hydrogen) atoms. The Labute approximate surface area is 145 Å². The van der Waals surface area contributed by atoms with Crippen molar-refractivity contribution in [1.82, 2.24) is 10.5 Å². The lowest BCUT2D eigenvalue weighted by molar-refractivity contribution is -0.126. The quantitative estimate of drug-likeness (QED) is 0.863. The summed E-state index contributed by atoms with van der Waals surface area (Å²) < 4.78 is 10.2. The number of hydrogen-bond donors (Lipinski definition) is 1. The van der Waals surface area contributed by atoms with Gasteiger partial charge in [0.15, 0.2) is 5.82 Å². The Morgan fingerprint density at radius 1 is 1.44 bits per heavy atom. The van der Waals surface area contributed by atoms with Crippen LogP contribution in [0.4, 0.5) is 5.82 Å². The van der Waals surface area contributed by atoms with E-state index in [0.717, 1.165) is 11.3 Å². The summed E-state index contributed by atoms with van der Waals surface area (Å²) >= 11 is 0. The lowest BCUT2D eigenvalue weighted by atomic mass is 10.1. The fourth-order valence-corrected chi connectivity index (χ4v) is 2.89. The van der Waals surface area contributed by atoms with Crippen LogP contribution in [0.25, 0.3) is 0 Å². The minimum Gasteiger partial charge on any atom is -0.497 e. The summed E-state index contributed by atoms with van der Waals surface area (Å²) in [7, 11) is 1.63.